The zero-order chi connectivity index (χ0) is 17.3. The summed E-state index contributed by atoms with van der Waals surface area (Å²) in [5.74, 6) is -0.332. The Hall–Kier alpha value is -3.08. The third kappa shape index (κ3) is 2.44. The number of methoxy groups -OCH3 is 3. The summed E-state index contributed by atoms with van der Waals surface area (Å²) in [6.45, 7) is 0. The van der Waals surface area contributed by atoms with E-state index < -0.39 is 11.9 Å². The summed E-state index contributed by atoms with van der Waals surface area (Å²) in [5.41, 5.74) is 0.641. The molecule has 0 bridgehead atoms. The van der Waals surface area contributed by atoms with Gasteiger partial charge in [0, 0.05) is 5.39 Å². The minimum absolute atomic E-state index is 0.314. The predicted octanol–water partition coefficient (Wildman–Crippen LogP) is 3.57. The Morgan fingerprint density at radius 1 is 0.792 bits per heavy atom. The Bertz CT molecular complexity index is 959. The molecule has 0 atom stereocenters. The number of hydrogen-bond acceptors (Lipinski definition) is 5. The number of carbonyl (C=O) groups is 2. The first-order valence-electron chi connectivity index (χ1n) is 7.30. The third-order valence-electron chi connectivity index (χ3n) is 3.99. The van der Waals surface area contributed by atoms with E-state index in [2.05, 4.69) is 0 Å². The monoisotopic (exact) mass is 324 g/mol. The molecule has 3 aromatic rings. The second-order valence-electron chi connectivity index (χ2n) is 5.22. The SMILES string of the molecule is COC(=O)c1cccc2c1c(C(=O)OC)cc1cc(OC)ccc12. The van der Waals surface area contributed by atoms with Crippen LogP contribution in [-0.2, 0) is 9.47 Å². The number of fused-ring (bicyclic) bond motifs is 3. The molecule has 0 N–H and O–H groups in total. The molecule has 0 aromatic heterocycles. The van der Waals surface area contributed by atoms with Crippen LogP contribution in [0.5, 0.6) is 5.75 Å². The van der Waals surface area contributed by atoms with Crippen LogP contribution in [0.1, 0.15) is 20.7 Å². The van der Waals surface area contributed by atoms with Crippen molar-refractivity contribution in [3.63, 3.8) is 0 Å². The van der Waals surface area contributed by atoms with E-state index in [1.807, 2.05) is 24.3 Å². The van der Waals surface area contributed by atoms with Gasteiger partial charge >= 0.3 is 11.9 Å². The molecule has 0 saturated heterocycles. The first-order valence-corrected chi connectivity index (χ1v) is 7.30. The van der Waals surface area contributed by atoms with Crippen molar-refractivity contribution in [2.24, 2.45) is 0 Å². The summed E-state index contributed by atoms with van der Waals surface area (Å²) in [6, 6.07) is 12.5. The molecule has 5 heteroatoms. The highest BCUT2D eigenvalue weighted by atomic mass is 16.5. The Morgan fingerprint density at radius 3 is 2.17 bits per heavy atom. The maximum absolute atomic E-state index is 12.3. The van der Waals surface area contributed by atoms with Gasteiger partial charge in [0.2, 0.25) is 0 Å². The molecule has 0 aliphatic carbocycles. The summed E-state index contributed by atoms with van der Waals surface area (Å²) < 4.78 is 15.0. The molecular weight excluding hydrogens is 308 g/mol. The highest BCUT2D eigenvalue weighted by Gasteiger charge is 2.20. The molecule has 122 valence electrons. The molecule has 3 aromatic carbocycles. The van der Waals surface area contributed by atoms with Crippen LogP contribution in [0, 0.1) is 0 Å². The fourth-order valence-electron chi connectivity index (χ4n) is 2.88. The number of carbonyl (C=O) groups excluding carboxylic acids is 2. The maximum Gasteiger partial charge on any atom is 0.338 e. The van der Waals surface area contributed by atoms with E-state index in [9.17, 15) is 9.59 Å². The van der Waals surface area contributed by atoms with E-state index in [1.54, 1.807) is 25.3 Å². The van der Waals surface area contributed by atoms with Gasteiger partial charge in [-0.05, 0) is 40.4 Å². The lowest BCUT2D eigenvalue weighted by molar-refractivity contribution is 0.0601. The van der Waals surface area contributed by atoms with Crippen molar-refractivity contribution >= 4 is 33.5 Å². The van der Waals surface area contributed by atoms with Gasteiger partial charge in [-0.2, -0.15) is 0 Å². The van der Waals surface area contributed by atoms with Gasteiger partial charge in [-0.1, -0.05) is 18.2 Å². The fourth-order valence-corrected chi connectivity index (χ4v) is 2.88. The van der Waals surface area contributed by atoms with Crippen molar-refractivity contribution in [3.8, 4) is 5.75 Å². The van der Waals surface area contributed by atoms with Crippen LogP contribution in [0.25, 0.3) is 21.5 Å². The van der Waals surface area contributed by atoms with Crippen molar-refractivity contribution in [1.29, 1.82) is 0 Å². The Labute approximate surface area is 138 Å². The quantitative estimate of drug-likeness (QED) is 0.544. The molecule has 0 spiro atoms. The molecule has 0 unspecified atom stereocenters. The molecule has 0 aliphatic heterocycles. The number of hydrogen-bond donors (Lipinski definition) is 0. The molecule has 3 rings (SSSR count). The normalized spacial score (nSPS) is 10.6. The van der Waals surface area contributed by atoms with Gasteiger partial charge in [0.1, 0.15) is 5.75 Å². The first-order chi connectivity index (χ1) is 11.6. The lowest BCUT2D eigenvalue weighted by Gasteiger charge is -2.13. The van der Waals surface area contributed by atoms with Crippen molar-refractivity contribution in [1.82, 2.24) is 0 Å². The van der Waals surface area contributed by atoms with E-state index in [0.29, 0.717) is 22.3 Å². The summed E-state index contributed by atoms with van der Waals surface area (Å²) in [4.78, 5) is 24.4. The van der Waals surface area contributed by atoms with Crippen LogP contribution >= 0.6 is 0 Å². The standard InChI is InChI=1S/C19H16O5/c1-22-12-7-8-13-11(9-12)10-16(19(21)24-3)17-14(13)5-4-6-15(17)18(20)23-2/h4-10H,1-3H3. The van der Waals surface area contributed by atoms with Gasteiger partial charge in [0.05, 0.1) is 32.5 Å². The summed E-state index contributed by atoms with van der Waals surface area (Å²) in [7, 11) is 4.20. The Balaban J connectivity index is 2.49. The van der Waals surface area contributed by atoms with Gasteiger partial charge in [0.15, 0.2) is 0 Å². The molecule has 24 heavy (non-hydrogen) atoms. The topological polar surface area (TPSA) is 61.8 Å². The van der Waals surface area contributed by atoms with Gasteiger partial charge in [-0.25, -0.2) is 9.59 Å². The zero-order valence-corrected chi connectivity index (χ0v) is 13.6. The van der Waals surface area contributed by atoms with Crippen LogP contribution in [0.15, 0.2) is 42.5 Å². The molecule has 0 fully saturated rings. The Kier molecular flexibility index (Phi) is 4.08. The molecule has 0 aliphatic rings. The Morgan fingerprint density at radius 2 is 1.50 bits per heavy atom. The lowest BCUT2D eigenvalue weighted by Crippen LogP contribution is -2.08. The lowest BCUT2D eigenvalue weighted by atomic mass is 9.93. The van der Waals surface area contributed by atoms with E-state index in [0.717, 1.165) is 16.2 Å². The van der Waals surface area contributed by atoms with E-state index in [4.69, 9.17) is 14.2 Å². The fraction of sp³-hybridized carbons (Fsp3) is 0.158. The van der Waals surface area contributed by atoms with Crippen molar-refractivity contribution in [2.75, 3.05) is 21.3 Å². The van der Waals surface area contributed by atoms with Gasteiger partial charge in [0.25, 0.3) is 0 Å². The smallest absolute Gasteiger partial charge is 0.338 e. The highest BCUT2D eigenvalue weighted by Crippen LogP contribution is 2.33. The van der Waals surface area contributed by atoms with Gasteiger partial charge < -0.3 is 14.2 Å². The summed E-state index contributed by atoms with van der Waals surface area (Å²) >= 11 is 0. The van der Waals surface area contributed by atoms with E-state index in [1.165, 1.54) is 14.2 Å². The molecule has 0 heterocycles. The van der Waals surface area contributed by atoms with Crippen molar-refractivity contribution < 1.29 is 23.8 Å². The molecular formula is C19H16O5. The summed E-state index contributed by atoms with van der Waals surface area (Å²) in [5, 5.41) is 3.03. The van der Waals surface area contributed by atoms with Crippen LogP contribution in [0.4, 0.5) is 0 Å². The average Bonchev–Trinajstić information content (AvgIpc) is 2.64. The maximum atomic E-state index is 12.3. The third-order valence-corrected chi connectivity index (χ3v) is 3.99. The molecule has 5 nitrogen and oxygen atoms in total. The minimum atomic E-state index is -0.513. The van der Waals surface area contributed by atoms with Gasteiger partial charge in [-0.3, -0.25) is 0 Å². The van der Waals surface area contributed by atoms with Crippen LogP contribution < -0.4 is 4.74 Å². The number of rotatable bonds is 3. The van der Waals surface area contributed by atoms with Crippen molar-refractivity contribution in [2.45, 2.75) is 0 Å². The van der Waals surface area contributed by atoms with E-state index in [-0.39, 0.29) is 0 Å². The molecule has 0 radical (unpaired) electrons. The number of ether oxygens (including phenoxy) is 3. The summed E-state index contributed by atoms with van der Waals surface area (Å²) in [6.07, 6.45) is 0. The predicted molar refractivity (Wildman–Crippen MR) is 90.7 cm³/mol. The second-order valence-corrected chi connectivity index (χ2v) is 5.22. The van der Waals surface area contributed by atoms with E-state index >= 15 is 0 Å². The second kappa shape index (κ2) is 6.20. The largest absolute Gasteiger partial charge is 0.497 e. The highest BCUT2D eigenvalue weighted by molar-refractivity contribution is 6.21. The van der Waals surface area contributed by atoms with Crippen LogP contribution in [0.3, 0.4) is 0 Å². The van der Waals surface area contributed by atoms with Crippen LogP contribution in [-0.4, -0.2) is 33.3 Å². The van der Waals surface area contributed by atoms with Gasteiger partial charge in [-0.15, -0.1) is 0 Å². The molecule has 0 amide bonds. The first kappa shape index (κ1) is 15.8. The van der Waals surface area contributed by atoms with Crippen LogP contribution in [0.2, 0.25) is 0 Å². The number of benzene rings is 3. The average molecular weight is 324 g/mol. The minimum Gasteiger partial charge on any atom is -0.497 e. The molecule has 0 saturated carbocycles. The zero-order valence-electron chi connectivity index (χ0n) is 13.6. The number of esters is 2. The van der Waals surface area contributed by atoms with Crippen molar-refractivity contribution in [3.05, 3.63) is 53.6 Å².